The third-order valence-corrected chi connectivity index (χ3v) is 12.2. The van der Waals surface area contributed by atoms with Crippen LogP contribution in [-0.4, -0.2) is 4.57 Å². The van der Waals surface area contributed by atoms with E-state index in [9.17, 15) is 0 Å². The lowest BCUT2D eigenvalue weighted by Gasteiger charge is -2.29. The Morgan fingerprint density at radius 1 is 0.404 bits per heavy atom. The summed E-state index contributed by atoms with van der Waals surface area (Å²) in [6.45, 7) is 4.72. The molecule has 11 rings (SSSR count). The van der Waals surface area contributed by atoms with E-state index in [1.807, 2.05) is 0 Å². The number of hydrogen-bond donors (Lipinski definition) is 0. The number of nitrogens with zero attached hydrogens (tertiary/aromatic N) is 2. The van der Waals surface area contributed by atoms with E-state index in [2.05, 4.69) is 230 Å². The van der Waals surface area contributed by atoms with Gasteiger partial charge in [0, 0.05) is 38.8 Å². The van der Waals surface area contributed by atoms with Gasteiger partial charge in [-0.1, -0.05) is 166 Å². The number of hydrogen-bond acceptors (Lipinski definition) is 1. The van der Waals surface area contributed by atoms with Gasteiger partial charge in [0.1, 0.15) is 0 Å². The molecular formula is C55H40N2. The molecule has 10 aromatic rings. The first-order valence-electron chi connectivity index (χ1n) is 19.9. The van der Waals surface area contributed by atoms with Crippen LogP contribution in [0.25, 0.3) is 71.6 Å². The first-order chi connectivity index (χ1) is 28.0. The zero-order valence-electron chi connectivity index (χ0n) is 32.0. The number of anilines is 3. The predicted octanol–water partition coefficient (Wildman–Crippen LogP) is 15.0. The number of aromatic nitrogens is 1. The summed E-state index contributed by atoms with van der Waals surface area (Å²) in [7, 11) is 0. The van der Waals surface area contributed by atoms with Crippen molar-refractivity contribution < 1.29 is 0 Å². The van der Waals surface area contributed by atoms with Crippen LogP contribution in [0.15, 0.2) is 206 Å². The second-order valence-electron chi connectivity index (χ2n) is 15.7. The zero-order valence-corrected chi connectivity index (χ0v) is 32.0. The van der Waals surface area contributed by atoms with Crippen molar-refractivity contribution >= 4 is 49.6 Å². The quantitative estimate of drug-likeness (QED) is 0.165. The molecule has 57 heavy (non-hydrogen) atoms. The van der Waals surface area contributed by atoms with Crippen molar-refractivity contribution in [3.05, 3.63) is 217 Å². The molecule has 0 saturated heterocycles. The van der Waals surface area contributed by atoms with E-state index in [0.717, 1.165) is 22.7 Å². The molecule has 1 aromatic heterocycles. The van der Waals surface area contributed by atoms with E-state index < -0.39 is 0 Å². The molecule has 0 atom stereocenters. The van der Waals surface area contributed by atoms with Crippen molar-refractivity contribution in [1.29, 1.82) is 0 Å². The Bertz CT molecular complexity index is 3110. The van der Waals surface area contributed by atoms with Gasteiger partial charge >= 0.3 is 0 Å². The molecule has 0 fully saturated rings. The van der Waals surface area contributed by atoms with Gasteiger partial charge < -0.3 is 9.47 Å². The highest BCUT2D eigenvalue weighted by Gasteiger charge is 2.37. The van der Waals surface area contributed by atoms with Crippen LogP contribution >= 0.6 is 0 Å². The second-order valence-corrected chi connectivity index (χ2v) is 15.7. The van der Waals surface area contributed by atoms with Crippen molar-refractivity contribution in [3.8, 4) is 39.1 Å². The topological polar surface area (TPSA) is 8.17 Å². The first kappa shape index (κ1) is 33.2. The second kappa shape index (κ2) is 13.0. The fourth-order valence-corrected chi connectivity index (χ4v) is 9.45. The summed E-state index contributed by atoms with van der Waals surface area (Å²) in [4.78, 5) is 2.45. The van der Waals surface area contributed by atoms with Crippen LogP contribution in [0.2, 0.25) is 0 Å². The Hall–Kier alpha value is -7.16. The average molecular weight is 729 g/mol. The Balaban J connectivity index is 1.12. The predicted molar refractivity (Wildman–Crippen MR) is 241 cm³/mol. The molecule has 0 saturated carbocycles. The third kappa shape index (κ3) is 5.25. The summed E-state index contributed by atoms with van der Waals surface area (Å²) < 4.78 is 2.41. The van der Waals surface area contributed by atoms with E-state index in [1.165, 1.54) is 77.1 Å². The van der Waals surface area contributed by atoms with E-state index in [4.69, 9.17) is 0 Å². The molecule has 0 aliphatic heterocycles. The normalized spacial score (nSPS) is 12.9. The fourth-order valence-electron chi connectivity index (χ4n) is 9.45. The van der Waals surface area contributed by atoms with Gasteiger partial charge in [0.15, 0.2) is 0 Å². The molecule has 1 aliphatic carbocycles. The Kier molecular flexibility index (Phi) is 7.55. The van der Waals surface area contributed by atoms with Crippen molar-refractivity contribution in [1.82, 2.24) is 4.57 Å². The van der Waals surface area contributed by atoms with E-state index in [0.29, 0.717) is 0 Å². The average Bonchev–Trinajstić information content (AvgIpc) is 3.73. The number of para-hydroxylation sites is 3. The summed E-state index contributed by atoms with van der Waals surface area (Å²) >= 11 is 0. The number of fused-ring (bicyclic) bond motifs is 7. The standard InChI is InChI=1S/C55H40N2/c1-55(2)49-24-9-5-22-48(49)54-47(23-14-25-50(54)55)46-21-8-10-26-51(46)56(41-33-31-38(32-34-41)40-30-29-37-15-3-4-16-39(37)35-40)42-17-13-18-43(36-42)57-52-27-11-6-19-44(52)45-20-7-12-28-53(45)57/h3-36H,1-2H3. The molecular weight excluding hydrogens is 689 g/mol. The molecule has 0 bridgehead atoms. The van der Waals surface area contributed by atoms with Gasteiger partial charge in [0.05, 0.1) is 16.7 Å². The van der Waals surface area contributed by atoms with Crippen LogP contribution in [0.3, 0.4) is 0 Å². The molecule has 2 heteroatoms. The van der Waals surface area contributed by atoms with Crippen molar-refractivity contribution in [2.75, 3.05) is 4.90 Å². The maximum absolute atomic E-state index is 2.45. The monoisotopic (exact) mass is 728 g/mol. The van der Waals surface area contributed by atoms with Crippen LogP contribution < -0.4 is 4.90 Å². The maximum atomic E-state index is 2.45. The van der Waals surface area contributed by atoms with E-state index in [1.54, 1.807) is 0 Å². The Morgan fingerprint density at radius 3 is 1.79 bits per heavy atom. The lowest BCUT2D eigenvalue weighted by Crippen LogP contribution is -2.15. The Labute approximate surface area is 333 Å². The van der Waals surface area contributed by atoms with Crippen LogP contribution in [0.1, 0.15) is 25.0 Å². The van der Waals surface area contributed by atoms with Gasteiger partial charge in [0.2, 0.25) is 0 Å². The van der Waals surface area contributed by atoms with E-state index >= 15 is 0 Å². The molecule has 0 spiro atoms. The van der Waals surface area contributed by atoms with Gasteiger partial charge in [-0.3, -0.25) is 0 Å². The minimum Gasteiger partial charge on any atom is -0.310 e. The van der Waals surface area contributed by atoms with E-state index in [-0.39, 0.29) is 5.41 Å². The minimum absolute atomic E-state index is 0.0915. The van der Waals surface area contributed by atoms with Crippen molar-refractivity contribution in [2.24, 2.45) is 0 Å². The first-order valence-corrected chi connectivity index (χ1v) is 19.9. The van der Waals surface area contributed by atoms with Crippen LogP contribution in [0.4, 0.5) is 17.1 Å². The van der Waals surface area contributed by atoms with Gasteiger partial charge in [-0.05, 0) is 104 Å². The molecule has 0 N–H and O–H groups in total. The lowest BCUT2D eigenvalue weighted by atomic mass is 9.82. The molecule has 1 aliphatic rings. The largest absolute Gasteiger partial charge is 0.310 e. The van der Waals surface area contributed by atoms with Gasteiger partial charge in [-0.2, -0.15) is 0 Å². The van der Waals surface area contributed by atoms with Crippen LogP contribution in [-0.2, 0) is 5.41 Å². The molecule has 1 heterocycles. The Morgan fingerprint density at radius 2 is 1.00 bits per heavy atom. The highest BCUT2D eigenvalue weighted by molar-refractivity contribution is 6.09. The number of rotatable bonds is 6. The SMILES string of the molecule is CC1(C)c2ccccc2-c2c(-c3ccccc3N(c3ccc(-c4ccc5ccccc5c4)cc3)c3cccc(-n4c5ccccc5c5ccccc54)c3)cccc21. The lowest BCUT2D eigenvalue weighted by molar-refractivity contribution is 0.660. The smallest absolute Gasteiger partial charge is 0.0541 e. The summed E-state index contributed by atoms with van der Waals surface area (Å²) in [6.07, 6.45) is 0. The minimum atomic E-state index is -0.0915. The molecule has 9 aromatic carbocycles. The molecule has 0 unspecified atom stereocenters. The summed E-state index contributed by atoms with van der Waals surface area (Å²) in [5, 5.41) is 5.01. The summed E-state index contributed by atoms with van der Waals surface area (Å²) in [5.41, 5.74) is 17.0. The third-order valence-electron chi connectivity index (χ3n) is 12.2. The van der Waals surface area contributed by atoms with Crippen LogP contribution in [0, 0.1) is 0 Å². The van der Waals surface area contributed by atoms with Crippen LogP contribution in [0.5, 0.6) is 0 Å². The maximum Gasteiger partial charge on any atom is 0.0541 e. The van der Waals surface area contributed by atoms with Gasteiger partial charge in [0.25, 0.3) is 0 Å². The molecule has 2 nitrogen and oxygen atoms in total. The van der Waals surface area contributed by atoms with Crippen molar-refractivity contribution in [3.63, 3.8) is 0 Å². The van der Waals surface area contributed by atoms with Crippen molar-refractivity contribution in [2.45, 2.75) is 19.3 Å². The highest BCUT2D eigenvalue weighted by Crippen LogP contribution is 2.54. The molecule has 270 valence electrons. The van der Waals surface area contributed by atoms with Gasteiger partial charge in [-0.15, -0.1) is 0 Å². The zero-order chi connectivity index (χ0) is 38.1. The molecule has 0 amide bonds. The summed E-state index contributed by atoms with van der Waals surface area (Å²) in [6, 6.07) is 75.7. The van der Waals surface area contributed by atoms with Gasteiger partial charge in [-0.25, -0.2) is 0 Å². The number of benzene rings is 9. The summed E-state index contributed by atoms with van der Waals surface area (Å²) in [5.74, 6) is 0. The molecule has 0 radical (unpaired) electrons. The highest BCUT2D eigenvalue weighted by atomic mass is 15.1. The fraction of sp³-hybridized carbons (Fsp3) is 0.0545.